The summed E-state index contributed by atoms with van der Waals surface area (Å²) < 4.78 is 8.07. The van der Waals surface area contributed by atoms with E-state index in [9.17, 15) is 19.2 Å². The Morgan fingerprint density at radius 2 is 1.81 bits per heavy atom. The van der Waals surface area contributed by atoms with Crippen LogP contribution in [0.2, 0.25) is 0 Å². The minimum Gasteiger partial charge on any atom is -0.488 e. The number of carbonyl (C=O) groups is 3. The van der Waals surface area contributed by atoms with Gasteiger partial charge in [0.25, 0.3) is 11.5 Å². The quantitative estimate of drug-likeness (QED) is 0.340. The Morgan fingerprint density at radius 3 is 2.57 bits per heavy atom. The zero-order chi connectivity index (χ0) is 32.8. The van der Waals surface area contributed by atoms with Gasteiger partial charge in [0.15, 0.2) is 0 Å². The molecule has 0 spiro atoms. The molecule has 0 aliphatic carbocycles. The first-order valence-corrected chi connectivity index (χ1v) is 16.8. The van der Waals surface area contributed by atoms with Crippen LogP contribution in [-0.4, -0.2) is 93.6 Å². The Bertz CT molecular complexity index is 1770. The van der Waals surface area contributed by atoms with Crippen LogP contribution in [0.3, 0.4) is 0 Å². The summed E-state index contributed by atoms with van der Waals surface area (Å²) in [5.74, 6) is 0.217. The lowest BCUT2D eigenvalue weighted by atomic mass is 9.87. The number of aryl methyl sites for hydroxylation is 1. The molecule has 3 atom stereocenters. The molecule has 12 nitrogen and oxygen atoms in total. The maximum atomic E-state index is 13.0. The monoisotopic (exact) mass is 703 g/mol. The summed E-state index contributed by atoms with van der Waals surface area (Å²) in [4.78, 5) is 55.4. The van der Waals surface area contributed by atoms with Crippen LogP contribution in [-0.2, 0) is 29.7 Å². The number of halogens is 1. The van der Waals surface area contributed by atoms with Crippen molar-refractivity contribution in [2.75, 3.05) is 38.5 Å². The Morgan fingerprint density at radius 1 is 1.02 bits per heavy atom. The molecule has 2 aromatic carbocycles. The van der Waals surface area contributed by atoms with Gasteiger partial charge in [-0.25, -0.2) is 4.68 Å². The first kappa shape index (κ1) is 31.5. The number of fused-ring (bicyclic) bond motifs is 1. The second kappa shape index (κ2) is 12.9. The number of likely N-dealkylation sites (N-methyl/N-ethyl adjacent to an activating group) is 1. The van der Waals surface area contributed by atoms with Crippen LogP contribution >= 0.6 is 15.9 Å². The summed E-state index contributed by atoms with van der Waals surface area (Å²) >= 11 is 3.43. The van der Waals surface area contributed by atoms with Crippen molar-refractivity contribution in [3.05, 3.63) is 85.7 Å². The van der Waals surface area contributed by atoms with Crippen molar-refractivity contribution in [2.45, 2.75) is 56.5 Å². The van der Waals surface area contributed by atoms with Gasteiger partial charge < -0.3 is 19.9 Å². The van der Waals surface area contributed by atoms with E-state index >= 15 is 0 Å². The first-order chi connectivity index (χ1) is 22.6. The molecule has 246 valence electrons. The molecule has 3 aromatic rings. The number of amides is 3. The van der Waals surface area contributed by atoms with E-state index in [1.54, 1.807) is 24.2 Å². The molecule has 4 aliphatic heterocycles. The molecule has 0 saturated carbocycles. The summed E-state index contributed by atoms with van der Waals surface area (Å²) in [6.07, 6.45) is 3.31. The molecule has 4 aliphatic rings. The summed E-state index contributed by atoms with van der Waals surface area (Å²) in [5, 5.41) is 10.0. The van der Waals surface area contributed by atoms with E-state index in [-0.39, 0.29) is 35.9 Å². The lowest BCUT2D eigenvalue weighted by Crippen LogP contribution is -2.53. The van der Waals surface area contributed by atoms with Gasteiger partial charge in [-0.3, -0.25) is 29.4 Å². The molecule has 47 heavy (non-hydrogen) atoms. The van der Waals surface area contributed by atoms with Crippen molar-refractivity contribution >= 4 is 39.3 Å². The molecule has 3 fully saturated rings. The number of carbonyl (C=O) groups excluding carboxylic acids is 3. The summed E-state index contributed by atoms with van der Waals surface area (Å²) in [5.41, 5.74) is 4.56. The highest BCUT2D eigenvalue weighted by Crippen LogP contribution is 2.32. The van der Waals surface area contributed by atoms with Crippen LogP contribution in [0.5, 0.6) is 5.75 Å². The van der Waals surface area contributed by atoms with E-state index in [2.05, 4.69) is 72.8 Å². The van der Waals surface area contributed by atoms with Crippen LogP contribution in [0.1, 0.15) is 52.2 Å². The Labute approximate surface area is 281 Å². The minimum absolute atomic E-state index is 0.0675. The second-order valence-corrected chi connectivity index (χ2v) is 14.0. The van der Waals surface area contributed by atoms with Gasteiger partial charge in [-0.1, -0.05) is 24.3 Å². The van der Waals surface area contributed by atoms with Crippen molar-refractivity contribution in [3.63, 3.8) is 0 Å². The van der Waals surface area contributed by atoms with E-state index in [4.69, 9.17) is 4.74 Å². The molecule has 5 heterocycles. The highest BCUT2D eigenvalue weighted by molar-refractivity contribution is 9.10. The third-order valence-electron chi connectivity index (χ3n) is 9.65. The largest absolute Gasteiger partial charge is 0.488 e. The number of piperidine rings is 2. The van der Waals surface area contributed by atoms with E-state index in [0.717, 1.165) is 56.1 Å². The number of benzene rings is 2. The number of likely N-dealkylation sites (tertiary alicyclic amines) is 2. The Hall–Kier alpha value is -4.07. The molecule has 1 unspecified atom stereocenters. The van der Waals surface area contributed by atoms with Gasteiger partial charge in [0.05, 0.1) is 11.9 Å². The Balaban J connectivity index is 0.898. The molecule has 3 saturated heterocycles. The van der Waals surface area contributed by atoms with Gasteiger partial charge in [-0.2, -0.15) is 5.10 Å². The predicted molar refractivity (Wildman–Crippen MR) is 178 cm³/mol. The van der Waals surface area contributed by atoms with Crippen molar-refractivity contribution in [3.8, 4) is 5.75 Å². The zero-order valence-corrected chi connectivity index (χ0v) is 28.0. The standard InChI is InChI=1S/C34H38BrN7O5/c1-39-15-22(11-24(17-39)37-28-13-36-40(2)34(46)31(28)35)21-5-3-20(4-6-21)14-41-18-26(19-41)47-25-7-8-27-23(12-25)16-42(33(27)45)29-9-10-30(43)38-32(29)44/h3-8,12-13,22,24,26,29,37H,9-11,14-19H2,1-2H3,(H,38,43,44)/t22-,24+,29?/m0/s1. The maximum Gasteiger partial charge on any atom is 0.282 e. The highest BCUT2D eigenvalue weighted by Gasteiger charge is 2.39. The molecule has 13 heteroatoms. The van der Waals surface area contributed by atoms with E-state index in [1.165, 1.54) is 15.8 Å². The summed E-state index contributed by atoms with van der Waals surface area (Å²) in [7, 11) is 3.77. The van der Waals surface area contributed by atoms with Gasteiger partial charge >= 0.3 is 0 Å². The number of anilines is 1. The summed E-state index contributed by atoms with van der Waals surface area (Å²) in [6.45, 7) is 4.67. The summed E-state index contributed by atoms with van der Waals surface area (Å²) in [6, 6.07) is 14.0. The molecule has 0 radical (unpaired) electrons. The van der Waals surface area contributed by atoms with Crippen molar-refractivity contribution in [1.29, 1.82) is 0 Å². The second-order valence-electron chi connectivity index (χ2n) is 13.2. The molecular weight excluding hydrogens is 666 g/mol. The highest BCUT2D eigenvalue weighted by atomic mass is 79.9. The fraction of sp³-hybridized carbons (Fsp3) is 0.441. The smallest absolute Gasteiger partial charge is 0.282 e. The topological polar surface area (TPSA) is 129 Å². The fourth-order valence-electron chi connectivity index (χ4n) is 7.19. The van der Waals surface area contributed by atoms with Crippen LogP contribution in [0.4, 0.5) is 5.69 Å². The van der Waals surface area contributed by atoms with Gasteiger partial charge in [0, 0.05) is 64.3 Å². The maximum absolute atomic E-state index is 13.0. The normalized spacial score (nSPS) is 23.8. The molecule has 7 rings (SSSR count). The number of imide groups is 1. The van der Waals surface area contributed by atoms with Crippen molar-refractivity contribution in [2.24, 2.45) is 7.05 Å². The van der Waals surface area contributed by atoms with E-state index < -0.39 is 11.9 Å². The zero-order valence-electron chi connectivity index (χ0n) is 26.4. The van der Waals surface area contributed by atoms with Crippen LogP contribution in [0, 0.1) is 0 Å². The number of hydrogen-bond acceptors (Lipinski definition) is 9. The average Bonchev–Trinajstić information content (AvgIpc) is 3.35. The number of hydrogen-bond donors (Lipinski definition) is 2. The van der Waals surface area contributed by atoms with Gasteiger partial charge in [0.2, 0.25) is 11.8 Å². The number of aromatic nitrogens is 2. The lowest BCUT2D eigenvalue weighted by Gasteiger charge is -2.39. The minimum atomic E-state index is -0.623. The molecule has 2 N–H and O–H groups in total. The molecule has 3 amide bonds. The third-order valence-corrected chi connectivity index (χ3v) is 10.4. The number of rotatable bonds is 8. The number of ether oxygens (including phenoxy) is 1. The number of nitrogens with zero attached hydrogens (tertiary/aromatic N) is 5. The van der Waals surface area contributed by atoms with Crippen molar-refractivity contribution < 1.29 is 19.1 Å². The third kappa shape index (κ3) is 6.56. The molecule has 0 bridgehead atoms. The van der Waals surface area contributed by atoms with Gasteiger partial charge in [0.1, 0.15) is 22.4 Å². The predicted octanol–water partition coefficient (Wildman–Crippen LogP) is 2.47. The van der Waals surface area contributed by atoms with Crippen molar-refractivity contribution in [1.82, 2.24) is 29.8 Å². The number of nitrogens with one attached hydrogen (secondary N) is 2. The Kier molecular flexibility index (Phi) is 8.62. The van der Waals surface area contributed by atoms with E-state index in [0.29, 0.717) is 28.9 Å². The fourth-order valence-corrected chi connectivity index (χ4v) is 7.67. The van der Waals surface area contributed by atoms with Gasteiger partial charge in [-0.05, 0) is 76.6 Å². The molecule has 1 aromatic heterocycles. The van der Waals surface area contributed by atoms with Crippen LogP contribution in [0.15, 0.2) is 57.9 Å². The van der Waals surface area contributed by atoms with Gasteiger partial charge in [-0.15, -0.1) is 0 Å². The van der Waals surface area contributed by atoms with Crippen LogP contribution in [0.25, 0.3) is 0 Å². The SMILES string of the molecule is CN1C[C@H](Nc2cnn(C)c(=O)c2Br)C[C@H](c2ccc(CN3CC(Oc4ccc5c(c4)CN(C4CCC(=O)NC4=O)C5=O)C3)cc2)C1. The first-order valence-electron chi connectivity index (χ1n) is 16.0. The van der Waals surface area contributed by atoms with Crippen LogP contribution < -0.4 is 20.9 Å². The van der Waals surface area contributed by atoms with E-state index in [1.807, 2.05) is 12.1 Å². The molecular formula is C34H38BrN7O5. The average molecular weight is 705 g/mol. The lowest BCUT2D eigenvalue weighted by molar-refractivity contribution is -0.136.